The van der Waals surface area contributed by atoms with Crippen LogP contribution in [0.15, 0.2) is 42.0 Å². The molecule has 0 saturated carbocycles. The van der Waals surface area contributed by atoms with E-state index in [1.54, 1.807) is 49.6 Å². The van der Waals surface area contributed by atoms with Gasteiger partial charge in [-0.1, -0.05) is 29.3 Å². The van der Waals surface area contributed by atoms with Gasteiger partial charge in [-0.05, 0) is 42.0 Å². The number of methoxy groups -OCH3 is 1. The highest BCUT2D eigenvalue weighted by Gasteiger charge is 2.29. The fourth-order valence-electron chi connectivity index (χ4n) is 2.40. The second-order valence-electron chi connectivity index (χ2n) is 4.98. The Bertz CT molecular complexity index is 814. The molecule has 2 aromatic rings. The number of hydrogen-bond acceptors (Lipinski definition) is 3. The lowest BCUT2D eigenvalue weighted by Crippen LogP contribution is -2.20. The third-order valence-corrected chi connectivity index (χ3v) is 4.29. The van der Waals surface area contributed by atoms with Gasteiger partial charge in [-0.3, -0.25) is 0 Å². The van der Waals surface area contributed by atoms with E-state index < -0.39 is 12.1 Å². The lowest BCUT2D eigenvalue weighted by Gasteiger charge is -2.26. The van der Waals surface area contributed by atoms with Gasteiger partial charge in [0.1, 0.15) is 11.5 Å². The van der Waals surface area contributed by atoms with Crippen molar-refractivity contribution in [2.24, 2.45) is 0 Å². The molecule has 0 aliphatic carbocycles. The number of carboxylic acid groups (broad SMARTS) is 1. The highest BCUT2D eigenvalue weighted by molar-refractivity contribution is 6.42. The van der Waals surface area contributed by atoms with E-state index in [0.717, 1.165) is 0 Å². The Labute approximate surface area is 142 Å². The highest BCUT2D eigenvalue weighted by Crippen LogP contribution is 2.40. The zero-order valence-corrected chi connectivity index (χ0v) is 13.6. The van der Waals surface area contributed by atoms with Crippen molar-refractivity contribution < 1.29 is 19.4 Å². The molecule has 4 nitrogen and oxygen atoms in total. The van der Waals surface area contributed by atoms with Crippen LogP contribution in [-0.4, -0.2) is 18.2 Å². The largest absolute Gasteiger partial charge is 0.497 e. The van der Waals surface area contributed by atoms with Gasteiger partial charge in [-0.15, -0.1) is 0 Å². The van der Waals surface area contributed by atoms with Crippen molar-refractivity contribution in [3.63, 3.8) is 0 Å². The fourth-order valence-corrected chi connectivity index (χ4v) is 2.71. The van der Waals surface area contributed by atoms with Gasteiger partial charge in [-0.25, -0.2) is 4.79 Å². The highest BCUT2D eigenvalue weighted by atomic mass is 35.5. The van der Waals surface area contributed by atoms with E-state index in [9.17, 15) is 9.90 Å². The molecule has 1 atom stereocenters. The number of aliphatic carboxylic acids is 1. The maximum Gasteiger partial charge on any atom is 0.335 e. The summed E-state index contributed by atoms with van der Waals surface area (Å²) in [5.74, 6) is 0.141. The van der Waals surface area contributed by atoms with Crippen molar-refractivity contribution in [3.05, 3.63) is 63.1 Å². The van der Waals surface area contributed by atoms with Gasteiger partial charge in [0.05, 0.1) is 22.7 Å². The number of carboxylic acids is 1. The molecule has 1 N–H and O–H groups in total. The quantitative estimate of drug-likeness (QED) is 0.878. The molecule has 0 aromatic heterocycles. The van der Waals surface area contributed by atoms with E-state index in [4.69, 9.17) is 32.7 Å². The minimum absolute atomic E-state index is 0.115. The predicted octanol–water partition coefficient (Wildman–Crippen LogP) is 4.60. The molecule has 2 aromatic carbocycles. The van der Waals surface area contributed by atoms with Gasteiger partial charge in [0.15, 0.2) is 6.10 Å². The summed E-state index contributed by atoms with van der Waals surface area (Å²) in [6.07, 6.45) is 0.819. The van der Waals surface area contributed by atoms with Gasteiger partial charge in [-0.2, -0.15) is 0 Å². The summed E-state index contributed by atoms with van der Waals surface area (Å²) < 4.78 is 11.0. The van der Waals surface area contributed by atoms with Crippen LogP contribution < -0.4 is 9.47 Å². The zero-order valence-electron chi connectivity index (χ0n) is 12.0. The number of benzene rings is 2. The molecule has 0 spiro atoms. The molecule has 0 fully saturated rings. The first-order chi connectivity index (χ1) is 11.0. The summed E-state index contributed by atoms with van der Waals surface area (Å²) in [6.45, 7) is 0. The van der Waals surface area contributed by atoms with Crippen LogP contribution in [0.5, 0.6) is 11.5 Å². The average molecular weight is 351 g/mol. The normalized spacial score (nSPS) is 16.1. The predicted molar refractivity (Wildman–Crippen MR) is 88.4 cm³/mol. The third-order valence-electron chi connectivity index (χ3n) is 3.55. The van der Waals surface area contributed by atoms with Crippen molar-refractivity contribution in [3.8, 4) is 11.5 Å². The van der Waals surface area contributed by atoms with Crippen LogP contribution in [0.3, 0.4) is 0 Å². The van der Waals surface area contributed by atoms with Crippen LogP contribution >= 0.6 is 23.2 Å². The first-order valence-corrected chi connectivity index (χ1v) is 7.49. The van der Waals surface area contributed by atoms with E-state index >= 15 is 0 Å². The van der Waals surface area contributed by atoms with E-state index in [1.807, 2.05) is 0 Å². The zero-order chi connectivity index (χ0) is 16.6. The number of hydrogen-bond donors (Lipinski definition) is 1. The monoisotopic (exact) mass is 350 g/mol. The molecule has 0 bridgehead atoms. The first-order valence-electron chi connectivity index (χ1n) is 6.74. The standard InChI is InChI=1S/C17H12Cl2O4/c1-22-11-3-5-15-10(6-11)7-12(17(20)21)16(23-15)9-2-4-13(18)14(19)8-9/h2-8,16H,1H3,(H,20,21). The van der Waals surface area contributed by atoms with Gasteiger partial charge in [0.2, 0.25) is 0 Å². The average Bonchev–Trinajstić information content (AvgIpc) is 2.55. The Balaban J connectivity index is 2.08. The number of halogens is 2. The molecule has 1 unspecified atom stereocenters. The van der Waals surface area contributed by atoms with Gasteiger partial charge >= 0.3 is 5.97 Å². The minimum atomic E-state index is -1.06. The number of rotatable bonds is 3. The van der Waals surface area contributed by atoms with Crippen molar-refractivity contribution in [1.29, 1.82) is 0 Å². The summed E-state index contributed by atoms with van der Waals surface area (Å²) in [4.78, 5) is 11.6. The van der Waals surface area contributed by atoms with Gasteiger partial charge < -0.3 is 14.6 Å². The van der Waals surface area contributed by atoms with E-state index in [2.05, 4.69) is 0 Å². The van der Waals surface area contributed by atoms with Crippen molar-refractivity contribution in [1.82, 2.24) is 0 Å². The van der Waals surface area contributed by atoms with Crippen LogP contribution in [0.25, 0.3) is 6.08 Å². The summed E-state index contributed by atoms with van der Waals surface area (Å²) in [7, 11) is 1.55. The topological polar surface area (TPSA) is 55.8 Å². The lowest BCUT2D eigenvalue weighted by atomic mass is 9.96. The van der Waals surface area contributed by atoms with Crippen LogP contribution in [0.1, 0.15) is 17.2 Å². The molecule has 3 rings (SSSR count). The molecule has 1 heterocycles. The molecule has 6 heteroatoms. The Kier molecular flexibility index (Phi) is 4.20. The Hall–Kier alpha value is -2.17. The fraction of sp³-hybridized carbons (Fsp3) is 0.118. The number of fused-ring (bicyclic) bond motifs is 1. The summed E-state index contributed by atoms with van der Waals surface area (Å²) >= 11 is 11.9. The Morgan fingerprint density at radius 1 is 1.17 bits per heavy atom. The summed E-state index contributed by atoms with van der Waals surface area (Å²) in [5, 5.41) is 10.3. The van der Waals surface area contributed by atoms with E-state index in [1.165, 1.54) is 0 Å². The van der Waals surface area contributed by atoms with Crippen LogP contribution in [-0.2, 0) is 4.79 Å². The molecule has 1 aliphatic heterocycles. The Morgan fingerprint density at radius 2 is 1.96 bits per heavy atom. The summed E-state index contributed by atoms with van der Waals surface area (Å²) in [6, 6.07) is 10.1. The summed E-state index contributed by atoms with van der Waals surface area (Å²) in [5.41, 5.74) is 1.39. The first kappa shape index (κ1) is 15.7. The van der Waals surface area contributed by atoms with Gasteiger partial charge in [0.25, 0.3) is 0 Å². The molecule has 0 radical (unpaired) electrons. The molecule has 23 heavy (non-hydrogen) atoms. The van der Waals surface area contributed by atoms with Crippen LogP contribution in [0, 0.1) is 0 Å². The minimum Gasteiger partial charge on any atom is -0.497 e. The molecular weight excluding hydrogens is 339 g/mol. The molecular formula is C17H12Cl2O4. The third kappa shape index (κ3) is 3.00. The van der Waals surface area contributed by atoms with Crippen LogP contribution in [0.2, 0.25) is 10.0 Å². The molecule has 118 valence electrons. The van der Waals surface area contributed by atoms with Crippen molar-refractivity contribution >= 4 is 35.2 Å². The lowest BCUT2D eigenvalue weighted by molar-refractivity contribution is -0.133. The maximum atomic E-state index is 11.6. The van der Waals surface area contributed by atoms with Crippen LogP contribution in [0.4, 0.5) is 0 Å². The second kappa shape index (κ2) is 6.14. The number of ether oxygens (including phenoxy) is 2. The SMILES string of the molecule is COc1ccc2c(c1)C=C(C(=O)O)C(c1ccc(Cl)c(Cl)c1)O2. The molecule has 1 aliphatic rings. The van der Waals surface area contributed by atoms with Crippen molar-refractivity contribution in [2.75, 3.05) is 7.11 Å². The molecule has 0 saturated heterocycles. The molecule has 0 amide bonds. The van der Waals surface area contributed by atoms with Crippen molar-refractivity contribution in [2.45, 2.75) is 6.10 Å². The van der Waals surface area contributed by atoms with E-state index in [-0.39, 0.29) is 5.57 Å². The van der Waals surface area contributed by atoms with Gasteiger partial charge in [0, 0.05) is 5.56 Å². The maximum absolute atomic E-state index is 11.6. The Morgan fingerprint density at radius 3 is 2.61 bits per heavy atom. The number of carbonyl (C=O) groups is 1. The smallest absolute Gasteiger partial charge is 0.335 e. The van der Waals surface area contributed by atoms with E-state index in [0.29, 0.717) is 32.7 Å². The second-order valence-corrected chi connectivity index (χ2v) is 5.79.